The number of nitrogens with zero attached hydrogens (tertiary/aromatic N) is 2. The number of fused-ring (bicyclic) bond motifs is 2. The number of anilines is 1. The molecule has 0 aliphatic carbocycles. The van der Waals surface area contributed by atoms with Gasteiger partial charge in [0.1, 0.15) is 5.75 Å². The van der Waals surface area contributed by atoms with Crippen LogP contribution in [-0.4, -0.2) is 17.2 Å². The van der Waals surface area contributed by atoms with E-state index in [4.69, 9.17) is 4.74 Å². The number of nitro benzene ring substituents is 1. The van der Waals surface area contributed by atoms with Crippen LogP contribution in [0.4, 0.5) is 11.4 Å². The molecular weight excluding hydrogens is 508 g/mol. The molecule has 0 saturated heterocycles. The van der Waals surface area contributed by atoms with Crippen LogP contribution in [0.1, 0.15) is 135 Å². The fourth-order valence-corrected chi connectivity index (χ4v) is 6.81. The number of hydrogen-bond donors (Lipinski definition) is 0. The predicted octanol–water partition coefficient (Wildman–Crippen LogP) is 10.8. The summed E-state index contributed by atoms with van der Waals surface area (Å²) in [4.78, 5) is 13.4. The summed E-state index contributed by atoms with van der Waals surface area (Å²) >= 11 is 0. The molecule has 1 spiro atoms. The molecule has 0 radical (unpaired) electrons. The van der Waals surface area contributed by atoms with Crippen LogP contribution in [-0.2, 0) is 5.41 Å². The van der Waals surface area contributed by atoms with Gasteiger partial charge in [-0.2, -0.15) is 0 Å². The van der Waals surface area contributed by atoms with Gasteiger partial charge in [0, 0.05) is 29.9 Å². The largest absolute Gasteiger partial charge is 0.463 e. The lowest BCUT2D eigenvalue weighted by Gasteiger charge is -2.47. The maximum atomic E-state index is 11.3. The predicted molar refractivity (Wildman–Crippen MR) is 172 cm³/mol. The first-order valence-electron chi connectivity index (χ1n) is 16.4. The third-order valence-electron chi connectivity index (χ3n) is 9.36. The van der Waals surface area contributed by atoms with E-state index in [9.17, 15) is 10.1 Å². The van der Waals surface area contributed by atoms with Gasteiger partial charge in [-0.05, 0) is 50.1 Å². The zero-order chi connectivity index (χ0) is 29.1. The Morgan fingerprint density at radius 2 is 1.34 bits per heavy atom. The Morgan fingerprint density at radius 3 is 1.93 bits per heavy atom. The molecule has 41 heavy (non-hydrogen) atoms. The van der Waals surface area contributed by atoms with Gasteiger partial charge in [0.25, 0.3) is 5.69 Å². The second kappa shape index (κ2) is 14.9. The molecule has 2 aromatic carbocycles. The Hall–Kier alpha value is -2.82. The second-order valence-corrected chi connectivity index (χ2v) is 12.7. The van der Waals surface area contributed by atoms with Crippen molar-refractivity contribution in [3.8, 4) is 5.75 Å². The van der Waals surface area contributed by atoms with E-state index in [2.05, 4.69) is 56.0 Å². The van der Waals surface area contributed by atoms with Crippen molar-refractivity contribution < 1.29 is 9.66 Å². The molecule has 0 bridgehead atoms. The van der Waals surface area contributed by atoms with Crippen LogP contribution in [0.2, 0.25) is 0 Å². The lowest BCUT2D eigenvalue weighted by molar-refractivity contribution is -0.384. The summed E-state index contributed by atoms with van der Waals surface area (Å²) in [6.07, 6.45) is 25.9. The van der Waals surface area contributed by atoms with Crippen molar-refractivity contribution >= 4 is 17.5 Å². The Balaban J connectivity index is 1.22. The quantitative estimate of drug-likeness (QED) is 0.103. The molecule has 5 nitrogen and oxygen atoms in total. The molecular formula is C36H52N2O3. The lowest BCUT2D eigenvalue weighted by Crippen LogP contribution is -2.59. The second-order valence-electron chi connectivity index (χ2n) is 12.7. The van der Waals surface area contributed by atoms with Crippen molar-refractivity contribution in [1.29, 1.82) is 0 Å². The van der Waals surface area contributed by atoms with E-state index in [1.165, 1.54) is 108 Å². The number of rotatable bonds is 18. The van der Waals surface area contributed by atoms with Crippen LogP contribution in [0.15, 0.2) is 48.5 Å². The van der Waals surface area contributed by atoms with Crippen molar-refractivity contribution in [3.05, 3.63) is 69.8 Å². The first-order chi connectivity index (χ1) is 19.9. The molecule has 1 atom stereocenters. The number of benzene rings is 2. The molecule has 5 heteroatoms. The molecule has 2 aliphatic heterocycles. The van der Waals surface area contributed by atoms with Crippen LogP contribution < -0.4 is 9.64 Å². The summed E-state index contributed by atoms with van der Waals surface area (Å²) in [5.41, 5.74) is 2.43. The van der Waals surface area contributed by atoms with Gasteiger partial charge in [-0.1, -0.05) is 121 Å². The van der Waals surface area contributed by atoms with E-state index in [1.54, 1.807) is 18.2 Å². The third kappa shape index (κ3) is 7.34. The van der Waals surface area contributed by atoms with Crippen LogP contribution in [0.25, 0.3) is 6.08 Å². The highest BCUT2D eigenvalue weighted by Gasteiger charge is 2.58. The Labute approximate surface area is 248 Å². The molecule has 0 amide bonds. The molecule has 2 heterocycles. The standard InChI is InChI=1S/C36H52N2O3/c1-4-5-6-7-8-9-10-11-12-13-14-15-16-17-18-21-28-37-33-23-20-19-22-32(33)35(2,3)36(37)27-26-30-29-31(38(39)40)24-25-34(30)41-36/h19-20,22-27,29H,4-18,21,28H2,1-3H3. The van der Waals surface area contributed by atoms with Crippen LogP contribution in [0.3, 0.4) is 0 Å². The molecule has 0 aromatic heterocycles. The molecule has 2 aromatic rings. The molecule has 0 saturated carbocycles. The minimum Gasteiger partial charge on any atom is -0.463 e. The summed E-state index contributed by atoms with van der Waals surface area (Å²) in [6.45, 7) is 7.71. The van der Waals surface area contributed by atoms with E-state index in [-0.39, 0.29) is 16.0 Å². The SMILES string of the molecule is CCCCCCCCCCCCCCCCCCN1c2ccccc2C(C)(C)C12C=Cc1cc([N+](=O)[O-])ccc1O2. The van der Waals surface area contributed by atoms with Gasteiger partial charge >= 0.3 is 0 Å². The Morgan fingerprint density at radius 1 is 0.780 bits per heavy atom. The number of para-hydroxylation sites is 1. The summed E-state index contributed by atoms with van der Waals surface area (Å²) in [7, 11) is 0. The third-order valence-corrected chi connectivity index (χ3v) is 9.36. The highest BCUT2D eigenvalue weighted by atomic mass is 16.6. The first kappa shape index (κ1) is 31.1. The van der Waals surface area contributed by atoms with Gasteiger partial charge in [0.05, 0.1) is 10.3 Å². The molecule has 224 valence electrons. The number of nitro groups is 1. The Bertz CT molecular complexity index is 1160. The monoisotopic (exact) mass is 560 g/mol. The van der Waals surface area contributed by atoms with Crippen molar-refractivity contribution in [1.82, 2.24) is 0 Å². The minimum atomic E-state index is -0.657. The fourth-order valence-electron chi connectivity index (χ4n) is 6.81. The topological polar surface area (TPSA) is 55.6 Å². The molecule has 1 unspecified atom stereocenters. The molecule has 0 N–H and O–H groups in total. The first-order valence-corrected chi connectivity index (χ1v) is 16.4. The van der Waals surface area contributed by atoms with Crippen molar-refractivity contribution in [2.45, 2.75) is 135 Å². The zero-order valence-electron chi connectivity index (χ0n) is 25.8. The molecule has 4 rings (SSSR count). The van der Waals surface area contributed by atoms with Gasteiger partial charge in [0.2, 0.25) is 5.72 Å². The average Bonchev–Trinajstić information content (AvgIpc) is 3.15. The zero-order valence-corrected chi connectivity index (χ0v) is 25.8. The lowest BCUT2D eigenvalue weighted by atomic mass is 9.76. The summed E-state index contributed by atoms with van der Waals surface area (Å²) < 4.78 is 6.82. The van der Waals surface area contributed by atoms with Gasteiger partial charge in [0.15, 0.2) is 0 Å². The maximum absolute atomic E-state index is 11.3. The normalized spacial score (nSPS) is 18.4. The smallest absolute Gasteiger partial charge is 0.270 e. The molecule has 2 aliphatic rings. The van der Waals surface area contributed by atoms with Gasteiger partial charge in [-0.25, -0.2) is 0 Å². The van der Waals surface area contributed by atoms with Gasteiger partial charge in [-0.15, -0.1) is 0 Å². The van der Waals surface area contributed by atoms with Gasteiger partial charge in [-0.3, -0.25) is 10.1 Å². The van der Waals surface area contributed by atoms with Gasteiger partial charge < -0.3 is 9.64 Å². The highest BCUT2D eigenvalue weighted by molar-refractivity contribution is 5.73. The summed E-state index contributed by atoms with van der Waals surface area (Å²) in [5.74, 6) is 0.705. The van der Waals surface area contributed by atoms with Crippen LogP contribution in [0.5, 0.6) is 5.75 Å². The number of non-ortho nitro benzene ring substituents is 1. The summed E-state index contributed by atoms with van der Waals surface area (Å²) in [5, 5.41) is 11.3. The fraction of sp³-hybridized carbons (Fsp3) is 0.611. The summed E-state index contributed by atoms with van der Waals surface area (Å²) in [6, 6.07) is 13.5. The maximum Gasteiger partial charge on any atom is 0.270 e. The van der Waals surface area contributed by atoms with E-state index in [1.807, 2.05) is 6.08 Å². The van der Waals surface area contributed by atoms with Crippen LogP contribution >= 0.6 is 0 Å². The van der Waals surface area contributed by atoms with E-state index in [0.717, 1.165) is 18.5 Å². The van der Waals surface area contributed by atoms with E-state index >= 15 is 0 Å². The Kier molecular flexibility index (Phi) is 11.3. The number of unbranched alkanes of at least 4 members (excludes halogenated alkanes) is 15. The molecule has 0 fully saturated rings. The van der Waals surface area contributed by atoms with Crippen molar-refractivity contribution in [2.24, 2.45) is 0 Å². The van der Waals surface area contributed by atoms with Crippen molar-refractivity contribution in [2.75, 3.05) is 11.4 Å². The average molecular weight is 561 g/mol. The van der Waals surface area contributed by atoms with Crippen LogP contribution in [0, 0.1) is 10.1 Å². The number of ether oxygens (including phenoxy) is 1. The minimum absolute atomic E-state index is 0.0898. The highest BCUT2D eigenvalue weighted by Crippen LogP contribution is 2.55. The number of hydrogen-bond acceptors (Lipinski definition) is 4. The van der Waals surface area contributed by atoms with E-state index in [0.29, 0.717) is 5.75 Å². The van der Waals surface area contributed by atoms with E-state index < -0.39 is 5.72 Å². The van der Waals surface area contributed by atoms with Crippen molar-refractivity contribution in [3.63, 3.8) is 0 Å².